The maximum Gasteiger partial charge on any atom is 0.258 e. The summed E-state index contributed by atoms with van der Waals surface area (Å²) in [6.07, 6.45) is 1.88. The summed E-state index contributed by atoms with van der Waals surface area (Å²) in [5.41, 5.74) is 3.81. The Kier molecular flexibility index (Phi) is 5.38. The Balaban J connectivity index is 1.49. The van der Waals surface area contributed by atoms with Gasteiger partial charge in [0.1, 0.15) is 5.82 Å². The molecule has 0 atom stereocenters. The third kappa shape index (κ3) is 4.19. The van der Waals surface area contributed by atoms with Gasteiger partial charge >= 0.3 is 0 Å². The molecule has 0 unspecified atom stereocenters. The molecule has 0 radical (unpaired) electrons. The lowest BCUT2D eigenvalue weighted by Gasteiger charge is -2.29. The van der Waals surface area contributed by atoms with E-state index in [1.807, 2.05) is 24.3 Å². The number of halogens is 1. The van der Waals surface area contributed by atoms with Crippen molar-refractivity contribution < 1.29 is 14.0 Å². The van der Waals surface area contributed by atoms with E-state index >= 15 is 0 Å². The molecule has 0 aromatic heterocycles. The smallest absolute Gasteiger partial charge is 0.258 e. The van der Waals surface area contributed by atoms with Crippen molar-refractivity contribution in [2.45, 2.75) is 19.4 Å². The van der Waals surface area contributed by atoms with Crippen LogP contribution in [0.25, 0.3) is 0 Å². The summed E-state index contributed by atoms with van der Waals surface area (Å²) >= 11 is 0. The second-order valence-corrected chi connectivity index (χ2v) is 7.08. The monoisotopic (exact) mass is 388 g/mol. The summed E-state index contributed by atoms with van der Waals surface area (Å²) in [7, 11) is 0. The molecule has 3 aromatic carbocycles. The van der Waals surface area contributed by atoms with Gasteiger partial charge in [0.05, 0.1) is 0 Å². The molecule has 1 aliphatic rings. The number of carbonyl (C=O) groups is 2. The third-order valence-corrected chi connectivity index (χ3v) is 5.09. The van der Waals surface area contributed by atoms with Gasteiger partial charge in [-0.25, -0.2) is 4.39 Å². The van der Waals surface area contributed by atoms with Gasteiger partial charge in [-0.3, -0.25) is 9.59 Å². The second kappa shape index (κ2) is 8.27. The standard InChI is InChI=1S/C24H21FN2O2/c25-21-12-10-17(11-13-21)16-26-23(28)19-6-3-7-20(15-19)24(29)27-14-4-8-18-5-1-2-9-22(18)27/h1-3,5-7,9-13,15H,4,8,14,16H2,(H,26,28). The first-order valence-corrected chi connectivity index (χ1v) is 9.64. The number of carbonyl (C=O) groups excluding carboxylic acids is 2. The van der Waals surface area contributed by atoms with Crippen molar-refractivity contribution in [2.75, 3.05) is 11.4 Å². The number of nitrogens with one attached hydrogen (secondary N) is 1. The predicted octanol–water partition coefficient (Wildman–Crippen LogP) is 4.35. The first-order valence-electron chi connectivity index (χ1n) is 9.64. The fourth-order valence-electron chi connectivity index (χ4n) is 3.58. The van der Waals surface area contributed by atoms with Gasteiger partial charge in [-0.2, -0.15) is 0 Å². The molecule has 1 N–H and O–H groups in total. The zero-order valence-electron chi connectivity index (χ0n) is 15.9. The molecule has 4 nitrogen and oxygen atoms in total. The lowest BCUT2D eigenvalue weighted by molar-refractivity contribution is 0.0951. The highest BCUT2D eigenvalue weighted by molar-refractivity contribution is 6.08. The highest BCUT2D eigenvalue weighted by atomic mass is 19.1. The van der Waals surface area contributed by atoms with E-state index in [0.29, 0.717) is 17.7 Å². The van der Waals surface area contributed by atoms with Crippen LogP contribution in [-0.2, 0) is 13.0 Å². The summed E-state index contributed by atoms with van der Waals surface area (Å²) in [5, 5.41) is 2.81. The van der Waals surface area contributed by atoms with Gasteiger partial charge in [0, 0.05) is 29.9 Å². The highest BCUT2D eigenvalue weighted by Crippen LogP contribution is 2.28. The fourth-order valence-corrected chi connectivity index (χ4v) is 3.58. The lowest BCUT2D eigenvalue weighted by atomic mass is 10.0. The summed E-state index contributed by atoms with van der Waals surface area (Å²) in [4.78, 5) is 27.4. The van der Waals surface area contributed by atoms with Gasteiger partial charge < -0.3 is 10.2 Å². The van der Waals surface area contributed by atoms with E-state index in [1.165, 1.54) is 17.7 Å². The van der Waals surface area contributed by atoms with Crippen molar-refractivity contribution in [3.63, 3.8) is 0 Å². The van der Waals surface area contributed by atoms with Crippen LogP contribution in [0.3, 0.4) is 0 Å². The SMILES string of the molecule is O=C(NCc1ccc(F)cc1)c1cccc(C(=O)N2CCCc3ccccc32)c1. The molecule has 0 bridgehead atoms. The number of hydrogen-bond donors (Lipinski definition) is 1. The predicted molar refractivity (Wildman–Crippen MR) is 110 cm³/mol. The van der Waals surface area contributed by atoms with E-state index < -0.39 is 0 Å². The maximum absolute atomic E-state index is 13.1. The molecule has 1 heterocycles. The van der Waals surface area contributed by atoms with E-state index in [0.717, 1.165) is 24.1 Å². The number of aryl methyl sites for hydroxylation is 1. The summed E-state index contributed by atoms with van der Waals surface area (Å²) in [5.74, 6) is -0.695. The Bertz CT molecular complexity index is 1050. The molecular weight excluding hydrogens is 367 g/mol. The normalized spacial score (nSPS) is 12.9. The number of amides is 2. The minimum atomic E-state index is -0.314. The van der Waals surface area contributed by atoms with Crippen molar-refractivity contribution >= 4 is 17.5 Å². The van der Waals surface area contributed by atoms with Gasteiger partial charge in [0.15, 0.2) is 0 Å². The quantitative estimate of drug-likeness (QED) is 0.722. The zero-order chi connectivity index (χ0) is 20.2. The fraction of sp³-hybridized carbons (Fsp3) is 0.167. The average Bonchev–Trinajstić information content (AvgIpc) is 2.77. The molecule has 0 fully saturated rings. The highest BCUT2D eigenvalue weighted by Gasteiger charge is 2.23. The molecule has 5 heteroatoms. The van der Waals surface area contributed by atoms with E-state index in [2.05, 4.69) is 5.32 Å². The zero-order valence-corrected chi connectivity index (χ0v) is 15.9. The maximum atomic E-state index is 13.1. The number of benzene rings is 3. The minimum Gasteiger partial charge on any atom is -0.348 e. The molecule has 3 aromatic rings. The van der Waals surface area contributed by atoms with Gasteiger partial charge in [0.2, 0.25) is 0 Å². The first-order chi connectivity index (χ1) is 14.1. The number of fused-ring (bicyclic) bond motifs is 1. The van der Waals surface area contributed by atoms with Crippen LogP contribution < -0.4 is 10.2 Å². The van der Waals surface area contributed by atoms with Crippen LogP contribution in [0.5, 0.6) is 0 Å². The van der Waals surface area contributed by atoms with Gasteiger partial charge in [-0.05, 0) is 60.4 Å². The third-order valence-electron chi connectivity index (χ3n) is 5.09. The van der Waals surface area contributed by atoms with Crippen LogP contribution >= 0.6 is 0 Å². The van der Waals surface area contributed by atoms with Crippen molar-refractivity contribution in [3.8, 4) is 0 Å². The van der Waals surface area contributed by atoms with Crippen LogP contribution in [0, 0.1) is 5.82 Å². The van der Waals surface area contributed by atoms with Crippen molar-refractivity contribution in [3.05, 3.63) is 101 Å². The van der Waals surface area contributed by atoms with Crippen LogP contribution in [0.4, 0.5) is 10.1 Å². The van der Waals surface area contributed by atoms with E-state index in [-0.39, 0.29) is 24.2 Å². The summed E-state index contributed by atoms with van der Waals surface area (Å²) < 4.78 is 13.0. The molecule has 4 rings (SSSR count). The molecule has 29 heavy (non-hydrogen) atoms. The van der Waals surface area contributed by atoms with Crippen molar-refractivity contribution in [1.82, 2.24) is 5.32 Å². The summed E-state index contributed by atoms with van der Waals surface area (Å²) in [6.45, 7) is 0.952. The molecular formula is C24H21FN2O2. The van der Waals surface area contributed by atoms with E-state index in [4.69, 9.17) is 0 Å². The number of para-hydroxylation sites is 1. The van der Waals surface area contributed by atoms with Crippen LogP contribution in [0.1, 0.15) is 38.3 Å². The van der Waals surface area contributed by atoms with Crippen molar-refractivity contribution in [2.24, 2.45) is 0 Å². The average molecular weight is 388 g/mol. The Labute approximate surface area is 169 Å². The largest absolute Gasteiger partial charge is 0.348 e. The van der Waals surface area contributed by atoms with Gasteiger partial charge in [-0.15, -0.1) is 0 Å². The molecule has 0 spiro atoms. The Morgan fingerprint density at radius 3 is 2.52 bits per heavy atom. The molecule has 0 saturated heterocycles. The van der Waals surface area contributed by atoms with Crippen molar-refractivity contribution in [1.29, 1.82) is 0 Å². The molecule has 0 saturated carbocycles. The topological polar surface area (TPSA) is 49.4 Å². The summed E-state index contributed by atoms with van der Waals surface area (Å²) in [6, 6.07) is 20.7. The first kappa shape index (κ1) is 18.9. The van der Waals surface area contributed by atoms with Crippen LogP contribution in [0.2, 0.25) is 0 Å². The van der Waals surface area contributed by atoms with Crippen LogP contribution in [0.15, 0.2) is 72.8 Å². The molecule has 146 valence electrons. The Hall–Kier alpha value is -3.47. The van der Waals surface area contributed by atoms with Gasteiger partial charge in [-0.1, -0.05) is 36.4 Å². The van der Waals surface area contributed by atoms with E-state index in [9.17, 15) is 14.0 Å². The molecule has 2 amide bonds. The Morgan fingerprint density at radius 1 is 0.931 bits per heavy atom. The number of nitrogens with zero attached hydrogens (tertiary/aromatic N) is 1. The number of anilines is 1. The number of hydrogen-bond acceptors (Lipinski definition) is 2. The molecule has 0 aliphatic carbocycles. The second-order valence-electron chi connectivity index (χ2n) is 7.08. The van der Waals surface area contributed by atoms with Crippen LogP contribution in [-0.4, -0.2) is 18.4 Å². The van der Waals surface area contributed by atoms with E-state index in [1.54, 1.807) is 41.3 Å². The lowest BCUT2D eigenvalue weighted by Crippen LogP contribution is -2.35. The van der Waals surface area contributed by atoms with Gasteiger partial charge in [0.25, 0.3) is 11.8 Å². The minimum absolute atomic E-state index is 0.106. The number of rotatable bonds is 4. The molecule has 1 aliphatic heterocycles. The Morgan fingerprint density at radius 2 is 1.69 bits per heavy atom.